The number of aromatic nitrogens is 2. The van der Waals surface area contributed by atoms with Crippen molar-refractivity contribution in [3.8, 4) is 0 Å². The highest BCUT2D eigenvalue weighted by atomic mass is 32.3. The van der Waals surface area contributed by atoms with Crippen LogP contribution in [0, 0.1) is 0 Å². The molecule has 30 heavy (non-hydrogen) atoms. The lowest BCUT2D eigenvalue weighted by atomic mass is 9.87. The van der Waals surface area contributed by atoms with Gasteiger partial charge in [-0.05, 0) is 33.8 Å². The van der Waals surface area contributed by atoms with Crippen LogP contribution in [-0.4, -0.2) is 43.1 Å². The number of amides is 1. The third-order valence-corrected chi connectivity index (χ3v) is 8.12. The Morgan fingerprint density at radius 3 is 2.63 bits per heavy atom. The van der Waals surface area contributed by atoms with Crippen molar-refractivity contribution in [2.24, 2.45) is 0 Å². The zero-order valence-corrected chi connectivity index (χ0v) is 18.7. The Morgan fingerprint density at radius 1 is 1.30 bits per heavy atom. The summed E-state index contributed by atoms with van der Waals surface area (Å²) in [6.07, 6.45) is 4.34. The number of carbonyl (C=O) groups is 1. The zero-order chi connectivity index (χ0) is 22.2. The molecule has 0 saturated heterocycles. The molecular formula is C20H29N3O6S. The molecule has 0 atom stereocenters. The molecule has 166 valence electrons. The maximum atomic E-state index is 12.9. The zero-order valence-electron chi connectivity index (χ0n) is 17.9. The van der Waals surface area contributed by atoms with E-state index < -0.39 is 26.7 Å². The maximum Gasteiger partial charge on any atom is 0.252 e. The summed E-state index contributed by atoms with van der Waals surface area (Å²) in [5, 5.41) is 6.68. The summed E-state index contributed by atoms with van der Waals surface area (Å²) in [6.45, 7) is 9.45. The average molecular weight is 440 g/mol. The molecular weight excluding hydrogens is 410 g/mol. The van der Waals surface area contributed by atoms with Gasteiger partial charge in [-0.1, -0.05) is 12.1 Å². The van der Waals surface area contributed by atoms with E-state index in [9.17, 15) is 13.9 Å². The van der Waals surface area contributed by atoms with Crippen LogP contribution in [0.5, 0.6) is 0 Å². The molecule has 0 aliphatic carbocycles. The van der Waals surface area contributed by atoms with E-state index in [2.05, 4.69) is 15.5 Å². The van der Waals surface area contributed by atoms with Gasteiger partial charge in [0.2, 0.25) is 5.88 Å². The highest BCUT2D eigenvalue weighted by Gasteiger charge is 2.44. The lowest BCUT2D eigenvalue weighted by molar-refractivity contribution is -0.118. The quantitative estimate of drug-likeness (QED) is 0.581. The fourth-order valence-corrected chi connectivity index (χ4v) is 4.64. The first-order chi connectivity index (χ1) is 14.0. The largest absolute Gasteiger partial charge is 0.445 e. The van der Waals surface area contributed by atoms with Gasteiger partial charge in [-0.25, -0.2) is 4.98 Å². The minimum absolute atomic E-state index is 0.113. The molecule has 2 aromatic rings. The average Bonchev–Trinajstić information content (AvgIpc) is 3.38. The highest BCUT2D eigenvalue weighted by Crippen LogP contribution is 2.60. The SMILES string of the molecule is CCc1ncc(C(C)(C)c2cc(NC(=O)C(C)(C)S(O)(O)C3=CCOCC3)on2)o1. The molecule has 3 heterocycles. The summed E-state index contributed by atoms with van der Waals surface area (Å²) in [7, 11) is -3.36. The van der Waals surface area contributed by atoms with Crippen LogP contribution >= 0.6 is 10.6 Å². The summed E-state index contributed by atoms with van der Waals surface area (Å²) in [5.74, 6) is 0.793. The van der Waals surface area contributed by atoms with E-state index in [0.717, 1.165) is 0 Å². The molecule has 1 aliphatic heterocycles. The summed E-state index contributed by atoms with van der Waals surface area (Å²) in [4.78, 5) is 17.6. The third kappa shape index (κ3) is 4.04. The van der Waals surface area contributed by atoms with Gasteiger partial charge in [-0.3, -0.25) is 19.2 Å². The van der Waals surface area contributed by atoms with Crippen LogP contribution in [0.4, 0.5) is 5.88 Å². The van der Waals surface area contributed by atoms with Crippen molar-refractivity contribution < 1.29 is 27.6 Å². The Labute approximate surface area is 177 Å². The van der Waals surface area contributed by atoms with Crippen molar-refractivity contribution in [3.63, 3.8) is 0 Å². The van der Waals surface area contributed by atoms with Gasteiger partial charge in [0.15, 0.2) is 5.89 Å². The number of ether oxygens (including phenoxy) is 1. The first kappa shape index (κ1) is 22.5. The predicted octanol–water partition coefficient (Wildman–Crippen LogP) is 4.32. The predicted molar refractivity (Wildman–Crippen MR) is 114 cm³/mol. The molecule has 0 spiro atoms. The van der Waals surface area contributed by atoms with E-state index in [1.165, 1.54) is 13.8 Å². The van der Waals surface area contributed by atoms with Crippen molar-refractivity contribution in [1.82, 2.24) is 10.1 Å². The van der Waals surface area contributed by atoms with E-state index in [-0.39, 0.29) is 5.88 Å². The number of nitrogens with zero attached hydrogens (tertiary/aromatic N) is 2. The fraction of sp³-hybridized carbons (Fsp3) is 0.550. The van der Waals surface area contributed by atoms with Crippen molar-refractivity contribution in [3.05, 3.63) is 40.6 Å². The van der Waals surface area contributed by atoms with Gasteiger partial charge < -0.3 is 13.7 Å². The van der Waals surface area contributed by atoms with Crippen molar-refractivity contribution in [1.29, 1.82) is 0 Å². The van der Waals surface area contributed by atoms with Crippen LogP contribution in [0.3, 0.4) is 0 Å². The summed E-state index contributed by atoms with van der Waals surface area (Å²) >= 11 is 0. The molecule has 3 rings (SSSR count). The molecule has 9 nitrogen and oxygen atoms in total. The van der Waals surface area contributed by atoms with Crippen molar-refractivity contribution in [2.45, 2.75) is 57.6 Å². The van der Waals surface area contributed by atoms with E-state index in [4.69, 9.17) is 13.7 Å². The van der Waals surface area contributed by atoms with Crippen LogP contribution in [-0.2, 0) is 21.4 Å². The Morgan fingerprint density at radius 2 is 2.03 bits per heavy atom. The standard InChI is InChI=1S/C20H29N3O6S/c1-6-16-21-12-15(28-16)19(2,3)14-11-17(29-23-14)22-18(24)20(4,5)30(25,26)13-7-9-27-10-8-13/h7,11-12,25-26H,6,8-10H2,1-5H3,(H,22,24). The van der Waals surface area contributed by atoms with Gasteiger partial charge in [0.25, 0.3) is 5.91 Å². The molecule has 0 radical (unpaired) electrons. The maximum absolute atomic E-state index is 12.9. The molecule has 0 unspecified atom stereocenters. The lowest BCUT2D eigenvalue weighted by Crippen LogP contribution is -2.42. The molecule has 0 saturated carbocycles. The number of rotatable bonds is 7. The van der Waals surface area contributed by atoms with Crippen molar-refractivity contribution >= 4 is 22.4 Å². The first-order valence-electron chi connectivity index (χ1n) is 9.78. The molecule has 1 amide bonds. The normalized spacial score (nSPS) is 16.3. The monoisotopic (exact) mass is 439 g/mol. The molecule has 2 aromatic heterocycles. The Balaban J connectivity index is 1.77. The molecule has 10 heteroatoms. The van der Waals surface area contributed by atoms with Gasteiger partial charge in [0.05, 0.1) is 30.5 Å². The van der Waals surface area contributed by atoms with Crippen molar-refractivity contribution in [2.75, 3.05) is 18.5 Å². The third-order valence-electron chi connectivity index (χ3n) is 5.40. The fourth-order valence-electron chi connectivity index (χ4n) is 3.01. The topological polar surface area (TPSA) is 131 Å². The minimum atomic E-state index is -3.36. The van der Waals surface area contributed by atoms with Crippen LogP contribution in [0.25, 0.3) is 0 Å². The van der Waals surface area contributed by atoms with Gasteiger partial charge in [0, 0.05) is 23.8 Å². The number of carbonyl (C=O) groups excluding carboxylic acids is 1. The van der Waals surface area contributed by atoms with Gasteiger partial charge in [-0.15, -0.1) is 0 Å². The Hall–Kier alpha value is -2.14. The number of hydrogen-bond donors (Lipinski definition) is 3. The van der Waals surface area contributed by atoms with E-state index >= 15 is 0 Å². The molecule has 3 N–H and O–H groups in total. The van der Waals surface area contributed by atoms with E-state index in [0.29, 0.717) is 48.3 Å². The van der Waals surface area contributed by atoms with Crippen LogP contribution in [0.2, 0.25) is 0 Å². The molecule has 0 fully saturated rings. The van der Waals surface area contributed by atoms with E-state index in [1.54, 1.807) is 18.3 Å². The highest BCUT2D eigenvalue weighted by molar-refractivity contribution is 8.29. The minimum Gasteiger partial charge on any atom is -0.445 e. The number of aryl methyl sites for hydroxylation is 1. The molecule has 0 bridgehead atoms. The summed E-state index contributed by atoms with van der Waals surface area (Å²) < 4.78 is 36.4. The number of oxazole rings is 1. The van der Waals surface area contributed by atoms with Crippen LogP contribution in [0.15, 0.2) is 32.2 Å². The Kier molecular flexibility index (Phi) is 6.15. The first-order valence-corrected chi connectivity index (χ1v) is 11.3. The second kappa shape index (κ2) is 8.18. The molecule has 0 aromatic carbocycles. The van der Waals surface area contributed by atoms with Crippen LogP contribution < -0.4 is 5.32 Å². The summed E-state index contributed by atoms with van der Waals surface area (Å²) in [6, 6.07) is 1.60. The number of hydrogen-bond acceptors (Lipinski definition) is 8. The van der Waals surface area contributed by atoms with Crippen LogP contribution in [0.1, 0.15) is 58.4 Å². The number of anilines is 1. The summed E-state index contributed by atoms with van der Waals surface area (Å²) in [5.41, 5.74) is -0.0775. The Bertz CT molecular complexity index is 944. The molecule has 1 aliphatic rings. The van der Waals surface area contributed by atoms with E-state index in [1.807, 2.05) is 20.8 Å². The van der Waals surface area contributed by atoms with Gasteiger partial charge in [-0.2, -0.15) is 10.6 Å². The lowest BCUT2D eigenvalue weighted by Gasteiger charge is -2.47. The number of nitrogens with one attached hydrogen (secondary N) is 1. The second-order valence-corrected chi connectivity index (χ2v) is 10.8. The smallest absolute Gasteiger partial charge is 0.252 e. The second-order valence-electron chi connectivity index (χ2n) is 8.18. The van der Waals surface area contributed by atoms with Gasteiger partial charge >= 0.3 is 0 Å². The van der Waals surface area contributed by atoms with Gasteiger partial charge in [0.1, 0.15) is 10.5 Å².